The van der Waals surface area contributed by atoms with E-state index in [9.17, 15) is 0 Å². The van der Waals surface area contributed by atoms with Crippen molar-refractivity contribution in [3.63, 3.8) is 0 Å². The van der Waals surface area contributed by atoms with E-state index in [1.165, 1.54) is 105 Å². The summed E-state index contributed by atoms with van der Waals surface area (Å²) < 4.78 is 18.8. The summed E-state index contributed by atoms with van der Waals surface area (Å²) in [6.07, 6.45) is 0. The fourth-order valence-corrected chi connectivity index (χ4v) is 20.6. The summed E-state index contributed by atoms with van der Waals surface area (Å²) in [7, 11) is 0. The van der Waals surface area contributed by atoms with Crippen LogP contribution in [0.25, 0.3) is 198 Å². The Morgan fingerprint density at radius 1 is 0.111 bits per heavy atom. The molecular formula is C138H93N3O3. The number of furan rings is 3. The van der Waals surface area contributed by atoms with Crippen LogP contribution in [0.4, 0.5) is 51.2 Å². The van der Waals surface area contributed by atoms with Gasteiger partial charge in [0.2, 0.25) is 0 Å². The Morgan fingerprint density at radius 3 is 0.694 bits per heavy atom. The molecule has 678 valence electrons. The van der Waals surface area contributed by atoms with Gasteiger partial charge in [0, 0.05) is 94.6 Å². The third kappa shape index (κ3) is 17.1. The summed E-state index contributed by atoms with van der Waals surface area (Å²) in [5, 5.41) is 14.4. The third-order valence-corrected chi connectivity index (χ3v) is 27.9. The van der Waals surface area contributed by atoms with E-state index in [2.05, 4.69) is 542 Å². The number of anilines is 9. The minimum absolute atomic E-state index is 0.911. The molecular weight excluding hydrogens is 1750 g/mol. The second-order valence-corrected chi connectivity index (χ2v) is 36.5. The Kier molecular flexibility index (Phi) is 23.0. The van der Waals surface area contributed by atoms with E-state index in [4.69, 9.17) is 13.3 Å². The van der Waals surface area contributed by atoms with Gasteiger partial charge in [-0.1, -0.05) is 419 Å². The average molecular weight is 1840 g/mol. The first kappa shape index (κ1) is 86.4. The molecule has 0 atom stereocenters. The van der Waals surface area contributed by atoms with E-state index >= 15 is 0 Å². The average Bonchev–Trinajstić information content (AvgIpc) is 1.64. The number of nitrogens with zero attached hydrogens (tertiary/aromatic N) is 3. The van der Waals surface area contributed by atoms with Crippen molar-refractivity contribution in [1.82, 2.24) is 0 Å². The molecule has 144 heavy (non-hydrogen) atoms. The largest absolute Gasteiger partial charge is 0.456 e. The molecule has 0 radical (unpaired) electrons. The topological polar surface area (TPSA) is 49.1 Å². The maximum atomic E-state index is 6.37. The van der Waals surface area contributed by atoms with Crippen molar-refractivity contribution >= 4 is 149 Å². The Labute approximate surface area is 835 Å². The van der Waals surface area contributed by atoms with E-state index in [0.29, 0.717) is 0 Å². The molecule has 3 aromatic heterocycles. The van der Waals surface area contributed by atoms with Crippen molar-refractivity contribution in [2.24, 2.45) is 0 Å². The van der Waals surface area contributed by atoms with Crippen LogP contribution in [0.5, 0.6) is 0 Å². The molecule has 0 saturated carbocycles. The van der Waals surface area contributed by atoms with Crippen molar-refractivity contribution in [2.45, 2.75) is 0 Å². The zero-order valence-electron chi connectivity index (χ0n) is 78.8. The van der Waals surface area contributed by atoms with Crippen LogP contribution < -0.4 is 14.7 Å². The van der Waals surface area contributed by atoms with Gasteiger partial charge in [-0.3, -0.25) is 0 Å². The summed E-state index contributed by atoms with van der Waals surface area (Å²) in [5.74, 6) is 0. The van der Waals surface area contributed by atoms with Crippen LogP contribution in [0.1, 0.15) is 0 Å². The fourth-order valence-electron chi connectivity index (χ4n) is 20.6. The molecule has 0 saturated heterocycles. The quantitative estimate of drug-likeness (QED) is 0.0853. The number of fused-ring (bicyclic) bond motifs is 12. The van der Waals surface area contributed by atoms with Crippen molar-refractivity contribution in [1.29, 1.82) is 0 Å². The highest BCUT2D eigenvalue weighted by atomic mass is 16.3. The van der Waals surface area contributed by atoms with Gasteiger partial charge in [0.15, 0.2) is 0 Å². The zero-order chi connectivity index (χ0) is 95.6. The SMILES string of the molecule is c1ccc(-c2ccc(N(c3ccc(-c4ccc5ccccc5c4)cc3)c3ccc(-c4cccc5c4oc4ccccc45)cc3)cc2)cc1.c1ccc(-c2ccc(N(c3ccc(-c4ccc5oc6ccccc6c5c4)cc3)c3ccc(-c4cccc5ccccc45)cc3)cc2)cc1.c1ccc(-c2ccc(N(c3ccc(-c4cccc5ccccc45)cc3)c3ccc(-c4cccc5c4oc4ccccc45)cc3)cc2)cc1. The highest BCUT2D eigenvalue weighted by molar-refractivity contribution is 6.12. The van der Waals surface area contributed by atoms with E-state index in [1.807, 2.05) is 36.4 Å². The van der Waals surface area contributed by atoms with Crippen LogP contribution in [0.15, 0.2) is 577 Å². The van der Waals surface area contributed by atoms with Crippen LogP contribution in [-0.2, 0) is 0 Å². The van der Waals surface area contributed by atoms with Crippen molar-refractivity contribution in [3.05, 3.63) is 564 Å². The Morgan fingerprint density at radius 2 is 0.333 bits per heavy atom. The summed E-state index contributed by atoms with van der Waals surface area (Å²) in [6.45, 7) is 0. The molecule has 0 bridgehead atoms. The highest BCUT2D eigenvalue weighted by Gasteiger charge is 2.23. The fraction of sp³-hybridized carbons (Fsp3) is 0. The van der Waals surface area contributed by atoms with Gasteiger partial charge in [-0.15, -0.1) is 0 Å². The molecule has 6 heteroatoms. The Bertz CT molecular complexity index is 9280. The molecule has 27 aromatic rings. The van der Waals surface area contributed by atoms with E-state index in [0.717, 1.165) is 145 Å². The molecule has 27 rings (SSSR count). The molecule has 24 aromatic carbocycles. The van der Waals surface area contributed by atoms with Crippen molar-refractivity contribution in [3.8, 4) is 100 Å². The van der Waals surface area contributed by atoms with Crippen LogP contribution >= 0.6 is 0 Å². The van der Waals surface area contributed by atoms with Crippen LogP contribution in [0.3, 0.4) is 0 Å². The van der Waals surface area contributed by atoms with Crippen LogP contribution in [-0.4, -0.2) is 0 Å². The van der Waals surface area contributed by atoms with Gasteiger partial charge in [-0.25, -0.2) is 0 Å². The zero-order valence-corrected chi connectivity index (χ0v) is 78.8. The molecule has 0 spiro atoms. The maximum Gasteiger partial charge on any atom is 0.143 e. The van der Waals surface area contributed by atoms with Crippen LogP contribution in [0.2, 0.25) is 0 Å². The lowest BCUT2D eigenvalue weighted by molar-refractivity contribution is 0.669. The monoisotopic (exact) mass is 1840 g/mol. The predicted molar refractivity (Wildman–Crippen MR) is 607 cm³/mol. The Balaban J connectivity index is 0.000000113. The normalized spacial score (nSPS) is 11.3. The molecule has 0 aliphatic heterocycles. The third-order valence-electron chi connectivity index (χ3n) is 27.9. The van der Waals surface area contributed by atoms with Gasteiger partial charge < -0.3 is 28.0 Å². The standard InChI is InChI=1S/3C46H31NO/c1-2-10-32(11-3-1)33-20-26-37(27-21-33)47(38-28-22-35(23-29-38)41-16-8-13-34-12-4-5-14-40(34)41)39-30-24-36(25-31-39)42-17-9-18-44-43-15-6-7-19-45(43)48-46(42)44;1-2-9-32(10-3-1)33-17-24-38(25-18-33)47(40-28-21-36(22-29-40)42-15-8-12-35-11-4-5-13-41(35)42)39-26-19-34(20-27-39)37-23-30-46-44(31-37)43-14-6-7-16-45(43)48-46;1-2-9-32(10-3-1)34-19-25-39(26-20-34)47(40-27-21-35(22-28-40)38-18-17-33-11-4-5-12-37(33)31-38)41-29-23-36(24-30-41)42-14-8-15-44-43-13-6-7-16-45(43)48-46(42)44/h3*1-31H. The number of rotatable bonds is 18. The number of para-hydroxylation sites is 5. The van der Waals surface area contributed by atoms with Gasteiger partial charge in [-0.2, -0.15) is 0 Å². The smallest absolute Gasteiger partial charge is 0.143 e. The summed E-state index contributed by atoms with van der Waals surface area (Å²) in [4.78, 5) is 6.98. The van der Waals surface area contributed by atoms with Crippen molar-refractivity contribution < 1.29 is 13.3 Å². The second kappa shape index (κ2) is 38.3. The summed E-state index contributed by atoms with van der Waals surface area (Å²) in [6, 6.07) is 201. The summed E-state index contributed by atoms with van der Waals surface area (Å²) in [5.41, 5.74) is 36.6. The predicted octanol–water partition coefficient (Wildman–Crippen LogP) is 39.6. The van der Waals surface area contributed by atoms with Gasteiger partial charge in [0.25, 0.3) is 0 Å². The molecule has 0 unspecified atom stereocenters. The molecule has 3 heterocycles. The van der Waals surface area contributed by atoms with Gasteiger partial charge in [0.1, 0.15) is 33.5 Å². The molecule has 0 N–H and O–H groups in total. The van der Waals surface area contributed by atoms with Gasteiger partial charge >= 0.3 is 0 Å². The molecule has 0 aliphatic rings. The first-order valence-corrected chi connectivity index (χ1v) is 49.0. The lowest BCUT2D eigenvalue weighted by atomic mass is 9.98. The highest BCUT2D eigenvalue weighted by Crippen LogP contribution is 2.47. The van der Waals surface area contributed by atoms with Crippen molar-refractivity contribution in [2.75, 3.05) is 14.7 Å². The van der Waals surface area contributed by atoms with Gasteiger partial charge in [0.05, 0.1) is 0 Å². The van der Waals surface area contributed by atoms with E-state index in [-0.39, 0.29) is 0 Å². The summed E-state index contributed by atoms with van der Waals surface area (Å²) >= 11 is 0. The van der Waals surface area contributed by atoms with E-state index < -0.39 is 0 Å². The molecule has 0 fully saturated rings. The minimum atomic E-state index is 0.911. The lowest BCUT2D eigenvalue weighted by Crippen LogP contribution is -2.09. The molecule has 0 aliphatic carbocycles. The minimum Gasteiger partial charge on any atom is -0.456 e. The lowest BCUT2D eigenvalue weighted by Gasteiger charge is -2.26. The maximum absolute atomic E-state index is 6.37. The second-order valence-electron chi connectivity index (χ2n) is 36.5. The number of hydrogen-bond donors (Lipinski definition) is 0. The number of benzene rings is 24. The van der Waals surface area contributed by atoms with Gasteiger partial charge in [-0.05, 0) is 267 Å². The van der Waals surface area contributed by atoms with E-state index in [1.54, 1.807) is 0 Å². The first-order valence-electron chi connectivity index (χ1n) is 49.0. The first-order chi connectivity index (χ1) is 71.4. The number of hydrogen-bond acceptors (Lipinski definition) is 6. The molecule has 0 amide bonds. The van der Waals surface area contributed by atoms with Crippen LogP contribution in [0, 0.1) is 0 Å². The molecule has 6 nitrogen and oxygen atoms in total. The Hall–Kier alpha value is -19.1.